The Morgan fingerprint density at radius 2 is 1.90 bits per heavy atom. The van der Waals surface area contributed by atoms with Gasteiger partial charge in [0.05, 0.1) is 23.9 Å². The fourth-order valence-corrected chi connectivity index (χ4v) is 7.15. The molecule has 0 radical (unpaired) electrons. The fourth-order valence-electron chi connectivity index (χ4n) is 6.49. The molecule has 218 valence electrons. The highest BCUT2D eigenvalue weighted by molar-refractivity contribution is 9.10. The predicted octanol–water partition coefficient (Wildman–Crippen LogP) is 6.89. The number of carbonyl (C=O) groups is 2. The van der Waals surface area contributed by atoms with Crippen LogP contribution in [0.1, 0.15) is 89.4 Å². The molecular weight excluding hydrogens is 594 g/mol. The normalized spacial score (nSPS) is 20.0. The number of rotatable bonds is 8. The molecule has 3 heterocycles. The Bertz CT molecular complexity index is 1620. The van der Waals surface area contributed by atoms with Gasteiger partial charge in [0.2, 0.25) is 0 Å². The molecule has 8 nitrogen and oxygen atoms in total. The smallest absolute Gasteiger partial charge is 0.339 e. The van der Waals surface area contributed by atoms with E-state index in [1.165, 1.54) is 13.5 Å². The molecular formula is C33H36BrN5O3. The summed E-state index contributed by atoms with van der Waals surface area (Å²) in [5.41, 5.74) is 5.99. The third kappa shape index (κ3) is 5.30. The highest BCUT2D eigenvalue weighted by Gasteiger charge is 2.45. The Morgan fingerprint density at radius 1 is 1.07 bits per heavy atom. The zero-order valence-corrected chi connectivity index (χ0v) is 25.9. The van der Waals surface area contributed by atoms with Gasteiger partial charge in [-0.3, -0.25) is 9.48 Å². The Morgan fingerprint density at radius 3 is 2.67 bits per heavy atom. The molecule has 2 aromatic carbocycles. The first-order valence-corrected chi connectivity index (χ1v) is 15.6. The summed E-state index contributed by atoms with van der Waals surface area (Å²) in [6, 6.07) is 16.3. The van der Waals surface area contributed by atoms with Crippen LogP contribution in [0.25, 0.3) is 16.8 Å². The summed E-state index contributed by atoms with van der Waals surface area (Å²) in [6.45, 7) is 3.00. The topological polar surface area (TPSA) is 82.3 Å². The third-order valence-electron chi connectivity index (χ3n) is 8.65. The Labute approximate surface area is 254 Å². The second-order valence-electron chi connectivity index (χ2n) is 11.4. The minimum absolute atomic E-state index is 0.0947. The van der Waals surface area contributed by atoms with Crippen molar-refractivity contribution in [1.82, 2.24) is 24.5 Å². The second kappa shape index (κ2) is 11.9. The van der Waals surface area contributed by atoms with Crippen LogP contribution in [-0.4, -0.2) is 56.0 Å². The molecule has 1 aliphatic heterocycles. The first-order valence-electron chi connectivity index (χ1n) is 14.8. The van der Waals surface area contributed by atoms with E-state index in [2.05, 4.69) is 54.8 Å². The maximum Gasteiger partial charge on any atom is 0.339 e. The molecule has 2 aromatic heterocycles. The average molecular weight is 631 g/mol. The monoisotopic (exact) mass is 629 g/mol. The summed E-state index contributed by atoms with van der Waals surface area (Å²) in [6.07, 6.45) is 10.2. The predicted molar refractivity (Wildman–Crippen MR) is 165 cm³/mol. The Balaban J connectivity index is 1.35. The number of hydrogen-bond acceptors (Lipinski definition) is 5. The molecule has 1 amide bonds. The van der Waals surface area contributed by atoms with Crippen LogP contribution < -0.4 is 0 Å². The van der Waals surface area contributed by atoms with E-state index in [0.717, 1.165) is 71.3 Å². The van der Waals surface area contributed by atoms with E-state index in [4.69, 9.17) is 4.74 Å². The van der Waals surface area contributed by atoms with E-state index >= 15 is 0 Å². The number of esters is 1. The highest BCUT2D eigenvalue weighted by atomic mass is 79.9. The molecule has 42 heavy (non-hydrogen) atoms. The summed E-state index contributed by atoms with van der Waals surface area (Å²) >= 11 is 3.81. The summed E-state index contributed by atoms with van der Waals surface area (Å²) in [5, 5.41) is 8.42. The number of hydrogen-bond donors (Lipinski definition) is 0. The average Bonchev–Trinajstić information content (AvgIpc) is 3.46. The number of likely N-dealkylation sites (tertiary alicyclic amines) is 1. The molecule has 0 spiro atoms. The number of methoxy groups -OCH3 is 1. The maximum absolute atomic E-state index is 13.8. The maximum atomic E-state index is 13.8. The molecule has 2 aliphatic rings. The van der Waals surface area contributed by atoms with Crippen LogP contribution in [0.4, 0.5) is 0 Å². The Kier molecular flexibility index (Phi) is 8.03. The third-order valence-corrected chi connectivity index (χ3v) is 9.50. The Hall–Kier alpha value is -3.72. The molecule has 1 saturated carbocycles. The molecule has 2 fully saturated rings. The molecule has 4 aromatic rings. The summed E-state index contributed by atoms with van der Waals surface area (Å²) in [4.78, 5) is 28.6. The van der Waals surface area contributed by atoms with Gasteiger partial charge in [-0.1, -0.05) is 42.8 Å². The van der Waals surface area contributed by atoms with Crippen molar-refractivity contribution >= 4 is 27.8 Å². The van der Waals surface area contributed by atoms with Gasteiger partial charge in [0.15, 0.2) is 0 Å². The SMILES string of the molecule is CCC[C@@H]1CCCCN1C(=O)c1cccc(-c2cccc(-n3ccc(C(=O)OC)c3C3CC3c3cn(C)nn3)c2)c1Br. The zero-order chi connectivity index (χ0) is 29.4. The molecule has 3 atom stereocenters. The first-order chi connectivity index (χ1) is 20.4. The number of benzene rings is 2. The summed E-state index contributed by atoms with van der Waals surface area (Å²) in [5.74, 6) is 0.0693. The van der Waals surface area contributed by atoms with Crippen molar-refractivity contribution in [1.29, 1.82) is 0 Å². The van der Waals surface area contributed by atoms with Gasteiger partial charge in [0, 0.05) is 59.7 Å². The standard InChI is InChI=1S/C33H36BrN5O3/c1-4-9-22-11-5-6-16-39(22)32(40)25-14-8-13-24(30(25)34)21-10-7-12-23(18-21)38-17-15-26(33(41)42-3)31(38)28-19-27(28)29-20-37(2)36-35-29/h7-8,10,12-15,17-18,20,22,27-28H,4-6,9,11,16,19H2,1-3H3/t22-,27?,28?/m1/s1. The van der Waals surface area contributed by atoms with Gasteiger partial charge in [-0.15, -0.1) is 5.10 Å². The van der Waals surface area contributed by atoms with E-state index in [1.54, 1.807) is 4.68 Å². The van der Waals surface area contributed by atoms with Gasteiger partial charge in [-0.25, -0.2) is 4.79 Å². The molecule has 2 unspecified atom stereocenters. The number of nitrogens with zero attached hydrogens (tertiary/aromatic N) is 5. The van der Waals surface area contributed by atoms with Gasteiger partial charge in [0.1, 0.15) is 0 Å². The van der Waals surface area contributed by atoms with Crippen LogP contribution in [0.15, 0.2) is 65.4 Å². The summed E-state index contributed by atoms with van der Waals surface area (Å²) in [7, 11) is 3.27. The van der Waals surface area contributed by atoms with E-state index in [-0.39, 0.29) is 23.7 Å². The van der Waals surface area contributed by atoms with Gasteiger partial charge in [-0.05, 0) is 83.4 Å². The zero-order valence-electron chi connectivity index (χ0n) is 24.3. The number of aromatic nitrogens is 4. The number of piperidine rings is 1. The van der Waals surface area contributed by atoms with Gasteiger partial charge in [0.25, 0.3) is 5.91 Å². The number of aryl methyl sites for hydroxylation is 1. The molecule has 1 saturated heterocycles. The number of carbonyl (C=O) groups excluding carboxylic acids is 2. The van der Waals surface area contributed by atoms with Gasteiger partial charge < -0.3 is 14.2 Å². The van der Waals surface area contributed by atoms with E-state index in [9.17, 15) is 9.59 Å². The van der Waals surface area contributed by atoms with E-state index in [0.29, 0.717) is 17.2 Å². The van der Waals surface area contributed by atoms with Crippen molar-refractivity contribution in [3.8, 4) is 16.8 Å². The fraction of sp³-hybridized carbons (Fsp3) is 0.394. The molecule has 0 N–H and O–H groups in total. The molecule has 9 heteroatoms. The van der Waals surface area contributed by atoms with Crippen LogP contribution in [-0.2, 0) is 11.8 Å². The highest BCUT2D eigenvalue weighted by Crippen LogP contribution is 2.55. The molecule has 1 aliphatic carbocycles. The minimum atomic E-state index is -0.349. The lowest BCUT2D eigenvalue weighted by Gasteiger charge is -2.36. The minimum Gasteiger partial charge on any atom is -0.465 e. The summed E-state index contributed by atoms with van der Waals surface area (Å²) < 4.78 is 9.74. The molecule has 0 bridgehead atoms. The molecule has 6 rings (SSSR count). The van der Waals surface area contributed by atoms with Crippen molar-refractivity contribution in [2.24, 2.45) is 7.05 Å². The first kappa shape index (κ1) is 28.4. The lowest BCUT2D eigenvalue weighted by molar-refractivity contribution is 0.0591. The van der Waals surface area contributed by atoms with Crippen molar-refractivity contribution in [2.45, 2.75) is 63.3 Å². The van der Waals surface area contributed by atoms with Crippen LogP contribution in [0.5, 0.6) is 0 Å². The van der Waals surface area contributed by atoms with Crippen molar-refractivity contribution < 1.29 is 14.3 Å². The largest absolute Gasteiger partial charge is 0.465 e. The van der Waals surface area contributed by atoms with Crippen LogP contribution in [0.2, 0.25) is 0 Å². The van der Waals surface area contributed by atoms with Crippen molar-refractivity contribution in [3.05, 3.63) is 87.9 Å². The number of amides is 1. The number of halogens is 1. The van der Waals surface area contributed by atoms with Gasteiger partial charge in [-0.2, -0.15) is 0 Å². The lowest BCUT2D eigenvalue weighted by atomic mass is 9.96. The van der Waals surface area contributed by atoms with Crippen LogP contribution >= 0.6 is 15.9 Å². The quantitative estimate of drug-likeness (QED) is 0.198. The van der Waals surface area contributed by atoms with E-state index in [1.807, 2.05) is 55.8 Å². The second-order valence-corrected chi connectivity index (χ2v) is 12.2. The number of ether oxygens (including phenoxy) is 1. The van der Waals surface area contributed by atoms with Gasteiger partial charge >= 0.3 is 5.97 Å². The van der Waals surface area contributed by atoms with Crippen molar-refractivity contribution in [2.75, 3.05) is 13.7 Å². The van der Waals surface area contributed by atoms with Crippen molar-refractivity contribution in [3.63, 3.8) is 0 Å². The van der Waals surface area contributed by atoms with Crippen LogP contribution in [0, 0.1) is 0 Å². The lowest BCUT2D eigenvalue weighted by Crippen LogP contribution is -2.43. The van der Waals surface area contributed by atoms with E-state index < -0.39 is 0 Å². The van der Waals surface area contributed by atoms with Crippen LogP contribution in [0.3, 0.4) is 0 Å².